The predicted molar refractivity (Wildman–Crippen MR) is 40.8 cm³/mol. The Morgan fingerprint density at radius 1 is 1.82 bits per heavy atom. The van der Waals surface area contributed by atoms with Crippen molar-refractivity contribution in [3.63, 3.8) is 0 Å². The zero-order chi connectivity index (χ0) is 8.43. The molecule has 59 valence electrons. The molecule has 0 unspecified atom stereocenters. The number of rotatable bonds is 1. The third-order valence-electron chi connectivity index (χ3n) is 1.51. The van der Waals surface area contributed by atoms with Crippen molar-refractivity contribution in [2.24, 2.45) is 7.05 Å². The SMILES string of the molecule is [CH2]NC(=O)c1cc(C)n(C)n1. The van der Waals surface area contributed by atoms with Gasteiger partial charge in [0, 0.05) is 19.8 Å². The zero-order valence-electron chi connectivity index (χ0n) is 6.59. The molecule has 0 spiro atoms. The van der Waals surface area contributed by atoms with Crippen LogP contribution in [0, 0.1) is 14.0 Å². The molecule has 0 saturated heterocycles. The van der Waals surface area contributed by atoms with Gasteiger partial charge in [-0.1, -0.05) is 0 Å². The average molecular weight is 152 g/mol. The van der Waals surface area contributed by atoms with Crippen molar-refractivity contribution in [1.29, 1.82) is 0 Å². The molecule has 1 amide bonds. The first-order chi connectivity index (χ1) is 5.15. The van der Waals surface area contributed by atoms with Crippen molar-refractivity contribution in [2.45, 2.75) is 6.92 Å². The maximum atomic E-state index is 10.9. The van der Waals surface area contributed by atoms with E-state index in [1.165, 1.54) is 0 Å². The van der Waals surface area contributed by atoms with E-state index in [4.69, 9.17) is 0 Å². The maximum Gasteiger partial charge on any atom is 0.271 e. The third kappa shape index (κ3) is 1.39. The largest absolute Gasteiger partial charge is 0.349 e. The van der Waals surface area contributed by atoms with Crippen molar-refractivity contribution >= 4 is 5.91 Å². The lowest BCUT2D eigenvalue weighted by atomic mass is 10.3. The fourth-order valence-electron chi connectivity index (χ4n) is 0.762. The molecule has 11 heavy (non-hydrogen) atoms. The average Bonchev–Trinajstić information content (AvgIpc) is 2.31. The topological polar surface area (TPSA) is 46.9 Å². The summed E-state index contributed by atoms with van der Waals surface area (Å²) in [6, 6.07) is 1.71. The molecule has 1 aromatic heterocycles. The Bertz CT molecular complexity index is 258. The summed E-state index contributed by atoms with van der Waals surface area (Å²) >= 11 is 0. The molecular weight excluding hydrogens is 142 g/mol. The Morgan fingerprint density at radius 2 is 2.45 bits per heavy atom. The molecule has 0 aliphatic rings. The van der Waals surface area contributed by atoms with Crippen LogP contribution in [0.25, 0.3) is 0 Å². The van der Waals surface area contributed by atoms with Gasteiger partial charge in [-0.2, -0.15) is 5.10 Å². The van der Waals surface area contributed by atoms with Gasteiger partial charge in [0.15, 0.2) is 0 Å². The van der Waals surface area contributed by atoms with E-state index in [-0.39, 0.29) is 5.91 Å². The number of amides is 1. The van der Waals surface area contributed by atoms with Crippen molar-refractivity contribution in [3.8, 4) is 0 Å². The van der Waals surface area contributed by atoms with Crippen molar-refractivity contribution < 1.29 is 4.79 Å². The summed E-state index contributed by atoms with van der Waals surface area (Å²) in [6.07, 6.45) is 0. The molecule has 0 aromatic carbocycles. The molecule has 4 heteroatoms. The van der Waals surface area contributed by atoms with Crippen molar-refractivity contribution in [2.75, 3.05) is 0 Å². The molecule has 1 radical (unpaired) electrons. The summed E-state index contributed by atoms with van der Waals surface area (Å²) in [6.45, 7) is 1.88. The highest BCUT2D eigenvalue weighted by Gasteiger charge is 2.07. The van der Waals surface area contributed by atoms with Crippen LogP contribution in [0.5, 0.6) is 0 Å². The molecule has 1 aromatic rings. The third-order valence-corrected chi connectivity index (χ3v) is 1.51. The number of carbonyl (C=O) groups is 1. The second-order valence-electron chi connectivity index (χ2n) is 2.30. The van der Waals surface area contributed by atoms with Crippen LogP contribution < -0.4 is 5.32 Å². The van der Waals surface area contributed by atoms with Crippen LogP contribution in [0.1, 0.15) is 16.2 Å². The van der Waals surface area contributed by atoms with Gasteiger partial charge in [0.25, 0.3) is 5.91 Å². The molecule has 0 aliphatic carbocycles. The van der Waals surface area contributed by atoms with E-state index in [1.807, 2.05) is 6.92 Å². The maximum absolute atomic E-state index is 10.9. The first-order valence-electron chi connectivity index (χ1n) is 3.23. The molecule has 0 bridgehead atoms. The van der Waals surface area contributed by atoms with Gasteiger partial charge < -0.3 is 5.32 Å². The lowest BCUT2D eigenvalue weighted by Crippen LogP contribution is -2.16. The van der Waals surface area contributed by atoms with Crippen LogP contribution in [0.4, 0.5) is 0 Å². The van der Waals surface area contributed by atoms with E-state index in [0.29, 0.717) is 5.69 Å². The normalized spacial score (nSPS) is 9.73. The molecule has 0 saturated carbocycles. The van der Waals surface area contributed by atoms with E-state index in [2.05, 4.69) is 17.5 Å². The van der Waals surface area contributed by atoms with Gasteiger partial charge in [0.05, 0.1) is 0 Å². The summed E-state index contributed by atoms with van der Waals surface area (Å²) in [4.78, 5) is 10.9. The van der Waals surface area contributed by atoms with Gasteiger partial charge in [-0.3, -0.25) is 9.48 Å². The number of aryl methyl sites for hydroxylation is 2. The zero-order valence-corrected chi connectivity index (χ0v) is 6.59. The number of hydrogen-bond acceptors (Lipinski definition) is 2. The first kappa shape index (κ1) is 7.78. The highest BCUT2D eigenvalue weighted by atomic mass is 16.1. The highest BCUT2D eigenvalue weighted by molar-refractivity contribution is 5.92. The monoisotopic (exact) mass is 152 g/mol. The molecule has 0 fully saturated rings. The summed E-state index contributed by atoms with van der Waals surface area (Å²) in [5, 5.41) is 6.20. The van der Waals surface area contributed by atoms with E-state index in [0.717, 1.165) is 5.69 Å². The van der Waals surface area contributed by atoms with E-state index < -0.39 is 0 Å². The number of nitrogens with one attached hydrogen (secondary N) is 1. The van der Waals surface area contributed by atoms with Crippen molar-refractivity contribution in [3.05, 3.63) is 24.5 Å². The van der Waals surface area contributed by atoms with Gasteiger partial charge in [-0.25, -0.2) is 0 Å². The Labute approximate surface area is 65.2 Å². The minimum atomic E-state index is -0.256. The molecule has 1 N–H and O–H groups in total. The molecule has 1 heterocycles. The molecule has 0 aliphatic heterocycles. The molecule has 1 rings (SSSR count). The Morgan fingerprint density at radius 3 is 2.82 bits per heavy atom. The predicted octanol–water partition coefficient (Wildman–Crippen LogP) is 0.250. The Kier molecular flexibility index (Phi) is 1.94. The Hall–Kier alpha value is -1.32. The fraction of sp³-hybridized carbons (Fsp3) is 0.286. The van der Waals surface area contributed by atoms with Crippen LogP contribution in [-0.4, -0.2) is 15.7 Å². The lowest BCUT2D eigenvalue weighted by Gasteiger charge is -1.91. The number of nitrogens with zero attached hydrogens (tertiary/aromatic N) is 2. The van der Waals surface area contributed by atoms with Crippen molar-refractivity contribution in [1.82, 2.24) is 15.1 Å². The van der Waals surface area contributed by atoms with E-state index >= 15 is 0 Å². The summed E-state index contributed by atoms with van der Waals surface area (Å²) < 4.78 is 1.64. The van der Waals surface area contributed by atoms with E-state index in [9.17, 15) is 4.79 Å². The van der Waals surface area contributed by atoms with Gasteiger partial charge in [-0.05, 0) is 13.0 Å². The van der Waals surface area contributed by atoms with Crippen LogP contribution >= 0.6 is 0 Å². The van der Waals surface area contributed by atoms with Crippen LogP contribution in [0.2, 0.25) is 0 Å². The number of carbonyl (C=O) groups excluding carboxylic acids is 1. The van der Waals surface area contributed by atoms with Gasteiger partial charge >= 0.3 is 0 Å². The second kappa shape index (κ2) is 2.74. The van der Waals surface area contributed by atoms with Crippen LogP contribution in [0.15, 0.2) is 6.07 Å². The fourth-order valence-corrected chi connectivity index (χ4v) is 0.762. The lowest BCUT2D eigenvalue weighted by molar-refractivity contribution is 0.0963. The summed E-state index contributed by atoms with van der Waals surface area (Å²) in [7, 11) is 5.04. The first-order valence-corrected chi connectivity index (χ1v) is 3.23. The quantitative estimate of drug-likeness (QED) is 0.627. The second-order valence-corrected chi connectivity index (χ2v) is 2.30. The Balaban J connectivity index is 2.97. The van der Waals surface area contributed by atoms with Gasteiger partial charge in [0.2, 0.25) is 0 Å². The molecular formula is C7H10N3O. The van der Waals surface area contributed by atoms with Gasteiger partial charge in [0.1, 0.15) is 5.69 Å². The summed E-state index contributed by atoms with van der Waals surface area (Å²) in [5.74, 6) is -0.256. The van der Waals surface area contributed by atoms with Gasteiger partial charge in [-0.15, -0.1) is 0 Å². The standard InChI is InChI=1S/C7H10N3O/c1-5-4-6(7(11)8-2)9-10(5)3/h4H,2H2,1,3H3,(H,8,11). The summed E-state index contributed by atoms with van der Waals surface area (Å²) in [5.41, 5.74) is 1.35. The number of aromatic nitrogens is 2. The molecule has 4 nitrogen and oxygen atoms in total. The van der Waals surface area contributed by atoms with E-state index in [1.54, 1.807) is 17.8 Å². The smallest absolute Gasteiger partial charge is 0.271 e. The van der Waals surface area contributed by atoms with Crippen LogP contribution in [-0.2, 0) is 7.05 Å². The minimum Gasteiger partial charge on any atom is -0.349 e. The highest BCUT2D eigenvalue weighted by Crippen LogP contribution is 1.99. The molecule has 0 atom stereocenters. The number of hydrogen-bond donors (Lipinski definition) is 1. The minimum absolute atomic E-state index is 0.256. The van der Waals surface area contributed by atoms with Crippen LogP contribution in [0.3, 0.4) is 0 Å².